The van der Waals surface area contributed by atoms with E-state index in [1.807, 2.05) is 74.5 Å². The molecule has 4 aromatic rings. The first kappa shape index (κ1) is 18.5. The largest absolute Gasteiger partial charge is 0.322 e. The molecule has 0 aliphatic carbocycles. The first-order valence-electron chi connectivity index (χ1n) is 9.34. The van der Waals surface area contributed by atoms with Gasteiger partial charge in [-0.15, -0.1) is 0 Å². The van der Waals surface area contributed by atoms with Gasteiger partial charge in [0.05, 0.1) is 11.3 Å². The number of pyridine rings is 1. The summed E-state index contributed by atoms with van der Waals surface area (Å²) in [6, 6.07) is 19.2. The summed E-state index contributed by atoms with van der Waals surface area (Å²) in [6.07, 6.45) is 4.96. The van der Waals surface area contributed by atoms with Crippen LogP contribution in [-0.4, -0.2) is 20.9 Å². The molecule has 0 radical (unpaired) electrons. The van der Waals surface area contributed by atoms with E-state index in [2.05, 4.69) is 15.3 Å². The maximum absolute atomic E-state index is 13.1. The molecule has 2 aromatic carbocycles. The highest BCUT2D eigenvalue weighted by Gasteiger charge is 2.18. The summed E-state index contributed by atoms with van der Waals surface area (Å²) >= 11 is 0. The lowest BCUT2D eigenvalue weighted by atomic mass is 10.1. The van der Waals surface area contributed by atoms with E-state index in [1.165, 1.54) is 0 Å². The molecule has 0 aliphatic rings. The molecule has 1 N–H and O–H groups in total. The van der Waals surface area contributed by atoms with Gasteiger partial charge in [0.2, 0.25) is 0 Å². The fourth-order valence-electron chi connectivity index (χ4n) is 3.08. The number of carbonyl (C=O) groups excluding carboxylic acids is 1. The van der Waals surface area contributed by atoms with Crippen LogP contribution in [0.5, 0.6) is 0 Å². The molecule has 2 aromatic heterocycles. The SMILES string of the molecule is Cc1cccc(NC(=O)c2cnc(-c3ccccc3)nc2-c2ccncc2)c1C. The Hall–Kier alpha value is -3.86. The first-order valence-corrected chi connectivity index (χ1v) is 9.34. The molecular weight excluding hydrogens is 360 g/mol. The molecule has 1 amide bonds. The summed E-state index contributed by atoms with van der Waals surface area (Å²) in [4.78, 5) is 26.4. The van der Waals surface area contributed by atoms with Gasteiger partial charge in [0, 0.05) is 35.4 Å². The normalized spacial score (nSPS) is 10.6. The van der Waals surface area contributed by atoms with Gasteiger partial charge in [0.1, 0.15) is 0 Å². The van der Waals surface area contributed by atoms with E-state index in [-0.39, 0.29) is 5.91 Å². The summed E-state index contributed by atoms with van der Waals surface area (Å²) in [5.74, 6) is 0.325. The van der Waals surface area contributed by atoms with Crippen LogP contribution < -0.4 is 5.32 Å². The molecule has 5 heteroatoms. The minimum Gasteiger partial charge on any atom is -0.322 e. The number of nitrogens with zero attached hydrogens (tertiary/aromatic N) is 3. The molecule has 0 saturated heterocycles. The van der Waals surface area contributed by atoms with E-state index in [0.717, 1.165) is 27.9 Å². The summed E-state index contributed by atoms with van der Waals surface area (Å²) in [6.45, 7) is 4.01. The lowest BCUT2D eigenvalue weighted by molar-refractivity contribution is 0.102. The van der Waals surface area contributed by atoms with Crippen molar-refractivity contribution in [2.75, 3.05) is 5.32 Å². The van der Waals surface area contributed by atoms with Gasteiger partial charge in [-0.05, 0) is 43.2 Å². The molecule has 0 atom stereocenters. The van der Waals surface area contributed by atoms with Crippen LogP contribution in [0.15, 0.2) is 79.3 Å². The van der Waals surface area contributed by atoms with Gasteiger partial charge in [-0.1, -0.05) is 42.5 Å². The van der Waals surface area contributed by atoms with Crippen LogP contribution in [-0.2, 0) is 0 Å². The molecule has 0 spiro atoms. The number of carbonyl (C=O) groups is 1. The molecule has 5 nitrogen and oxygen atoms in total. The van der Waals surface area contributed by atoms with E-state index in [4.69, 9.17) is 4.98 Å². The molecule has 0 unspecified atom stereocenters. The van der Waals surface area contributed by atoms with E-state index in [0.29, 0.717) is 17.1 Å². The van der Waals surface area contributed by atoms with Crippen LogP contribution in [0.3, 0.4) is 0 Å². The van der Waals surface area contributed by atoms with Crippen molar-refractivity contribution < 1.29 is 4.79 Å². The minimum atomic E-state index is -0.245. The van der Waals surface area contributed by atoms with E-state index >= 15 is 0 Å². The van der Waals surface area contributed by atoms with Crippen molar-refractivity contribution in [1.29, 1.82) is 0 Å². The third kappa shape index (κ3) is 3.89. The Balaban J connectivity index is 1.78. The average Bonchev–Trinajstić information content (AvgIpc) is 2.77. The van der Waals surface area contributed by atoms with Crippen LogP contribution in [0.25, 0.3) is 22.6 Å². The zero-order valence-electron chi connectivity index (χ0n) is 16.3. The van der Waals surface area contributed by atoms with Gasteiger partial charge in [-0.25, -0.2) is 9.97 Å². The van der Waals surface area contributed by atoms with Crippen LogP contribution in [0, 0.1) is 13.8 Å². The van der Waals surface area contributed by atoms with Gasteiger partial charge in [-0.2, -0.15) is 0 Å². The monoisotopic (exact) mass is 380 g/mol. The Labute approximate surface area is 169 Å². The summed E-state index contributed by atoms with van der Waals surface area (Å²) in [7, 11) is 0. The fraction of sp³-hybridized carbons (Fsp3) is 0.0833. The van der Waals surface area contributed by atoms with Crippen molar-refractivity contribution >= 4 is 11.6 Å². The highest BCUT2D eigenvalue weighted by atomic mass is 16.1. The van der Waals surface area contributed by atoms with E-state index < -0.39 is 0 Å². The van der Waals surface area contributed by atoms with Gasteiger partial charge < -0.3 is 5.32 Å². The van der Waals surface area contributed by atoms with Crippen LogP contribution >= 0.6 is 0 Å². The van der Waals surface area contributed by atoms with Crippen molar-refractivity contribution in [2.24, 2.45) is 0 Å². The molecule has 0 fully saturated rings. The third-order valence-electron chi connectivity index (χ3n) is 4.87. The predicted molar refractivity (Wildman–Crippen MR) is 115 cm³/mol. The molecule has 4 rings (SSSR count). The number of aromatic nitrogens is 3. The van der Waals surface area contributed by atoms with Crippen molar-refractivity contribution in [3.63, 3.8) is 0 Å². The van der Waals surface area contributed by atoms with Crippen LogP contribution in [0.4, 0.5) is 5.69 Å². The second-order valence-corrected chi connectivity index (χ2v) is 6.76. The fourth-order valence-corrected chi connectivity index (χ4v) is 3.08. The number of aryl methyl sites for hydroxylation is 1. The van der Waals surface area contributed by atoms with Crippen molar-refractivity contribution in [1.82, 2.24) is 15.0 Å². The molecule has 0 bridgehead atoms. The van der Waals surface area contributed by atoms with Gasteiger partial charge in [0.15, 0.2) is 5.82 Å². The smallest absolute Gasteiger partial charge is 0.259 e. The average molecular weight is 380 g/mol. The zero-order valence-corrected chi connectivity index (χ0v) is 16.3. The lowest BCUT2D eigenvalue weighted by Crippen LogP contribution is -2.16. The maximum Gasteiger partial charge on any atom is 0.259 e. The number of amides is 1. The highest BCUT2D eigenvalue weighted by Crippen LogP contribution is 2.26. The second-order valence-electron chi connectivity index (χ2n) is 6.76. The van der Waals surface area contributed by atoms with E-state index in [9.17, 15) is 4.79 Å². The Kier molecular flexibility index (Phi) is 5.12. The quantitative estimate of drug-likeness (QED) is 0.536. The number of benzene rings is 2. The summed E-state index contributed by atoms with van der Waals surface area (Å²) < 4.78 is 0. The zero-order chi connectivity index (χ0) is 20.2. The van der Waals surface area contributed by atoms with Gasteiger partial charge in [0.25, 0.3) is 5.91 Å². The lowest BCUT2D eigenvalue weighted by Gasteiger charge is -2.13. The van der Waals surface area contributed by atoms with Gasteiger partial charge >= 0.3 is 0 Å². The Morgan fingerprint density at radius 1 is 0.862 bits per heavy atom. The Bertz CT molecular complexity index is 1160. The third-order valence-corrected chi connectivity index (χ3v) is 4.87. The summed E-state index contributed by atoms with van der Waals surface area (Å²) in [5.41, 5.74) is 5.62. The Morgan fingerprint density at radius 3 is 2.38 bits per heavy atom. The number of hydrogen-bond acceptors (Lipinski definition) is 4. The van der Waals surface area contributed by atoms with E-state index in [1.54, 1.807) is 18.6 Å². The topological polar surface area (TPSA) is 67.8 Å². The number of nitrogens with one attached hydrogen (secondary N) is 1. The molecular formula is C24H20N4O. The van der Waals surface area contributed by atoms with Crippen molar-refractivity contribution in [3.05, 3.63) is 95.9 Å². The molecule has 29 heavy (non-hydrogen) atoms. The number of hydrogen-bond donors (Lipinski definition) is 1. The maximum atomic E-state index is 13.1. The van der Waals surface area contributed by atoms with Crippen LogP contribution in [0.2, 0.25) is 0 Å². The van der Waals surface area contributed by atoms with Gasteiger partial charge in [-0.3, -0.25) is 9.78 Å². The molecule has 0 saturated carbocycles. The first-order chi connectivity index (χ1) is 14.1. The van der Waals surface area contributed by atoms with Crippen molar-refractivity contribution in [2.45, 2.75) is 13.8 Å². The molecule has 2 heterocycles. The molecule has 0 aliphatic heterocycles. The number of rotatable bonds is 4. The van der Waals surface area contributed by atoms with Crippen molar-refractivity contribution in [3.8, 4) is 22.6 Å². The van der Waals surface area contributed by atoms with Crippen LogP contribution in [0.1, 0.15) is 21.5 Å². The Morgan fingerprint density at radius 2 is 1.62 bits per heavy atom. The molecule has 142 valence electrons. The highest BCUT2D eigenvalue weighted by molar-refractivity contribution is 6.08. The summed E-state index contributed by atoms with van der Waals surface area (Å²) in [5, 5.41) is 3.00. The minimum absolute atomic E-state index is 0.245. The standard InChI is InChI=1S/C24H20N4O/c1-16-7-6-10-21(17(16)2)27-24(29)20-15-26-23(19-8-4-3-5-9-19)28-22(20)18-11-13-25-14-12-18/h3-15H,1-2H3,(H,27,29). The predicted octanol–water partition coefficient (Wildman–Crippen LogP) is 5.07. The number of anilines is 1. The second kappa shape index (κ2) is 8.02.